The van der Waals surface area contributed by atoms with Gasteiger partial charge in [0.2, 0.25) is 0 Å². The SMILES string of the molecule is CN=C(NCCNC(=O)OC(C)(C)C)NCCc1cccc(OC)c1.I. The van der Waals surface area contributed by atoms with E-state index in [1.165, 1.54) is 5.56 Å². The Bertz CT molecular complexity index is 574. The predicted molar refractivity (Wildman–Crippen MR) is 116 cm³/mol. The summed E-state index contributed by atoms with van der Waals surface area (Å²) in [7, 11) is 3.37. The van der Waals surface area contributed by atoms with Crippen LogP contribution in [0.2, 0.25) is 0 Å². The van der Waals surface area contributed by atoms with Crippen LogP contribution < -0.4 is 20.7 Å². The number of carbonyl (C=O) groups excluding carboxylic acids is 1. The number of amides is 1. The van der Waals surface area contributed by atoms with Gasteiger partial charge in [-0.05, 0) is 44.9 Å². The summed E-state index contributed by atoms with van der Waals surface area (Å²) in [5.41, 5.74) is 0.698. The number of alkyl carbamates (subject to hydrolysis) is 1. The number of halogens is 1. The number of nitrogens with zero attached hydrogens (tertiary/aromatic N) is 1. The summed E-state index contributed by atoms with van der Waals surface area (Å²) in [6, 6.07) is 7.98. The number of nitrogens with one attached hydrogen (secondary N) is 3. The molecule has 1 rings (SSSR count). The second-order valence-electron chi connectivity index (χ2n) is 6.46. The summed E-state index contributed by atoms with van der Waals surface area (Å²) in [6.45, 7) is 7.24. The Morgan fingerprint density at radius 2 is 1.77 bits per heavy atom. The van der Waals surface area contributed by atoms with Crippen molar-refractivity contribution >= 4 is 36.0 Å². The molecule has 0 aromatic heterocycles. The highest BCUT2D eigenvalue weighted by atomic mass is 127. The van der Waals surface area contributed by atoms with E-state index in [-0.39, 0.29) is 24.0 Å². The Balaban J connectivity index is 0.00000625. The van der Waals surface area contributed by atoms with Gasteiger partial charge in [0, 0.05) is 26.7 Å². The van der Waals surface area contributed by atoms with Crippen molar-refractivity contribution in [3.63, 3.8) is 0 Å². The molecule has 3 N–H and O–H groups in total. The van der Waals surface area contributed by atoms with Gasteiger partial charge in [-0.3, -0.25) is 4.99 Å². The van der Waals surface area contributed by atoms with E-state index in [0.29, 0.717) is 19.0 Å². The molecule has 8 heteroatoms. The molecule has 0 aliphatic heterocycles. The Hall–Kier alpha value is -1.71. The van der Waals surface area contributed by atoms with Crippen LogP contribution in [0.5, 0.6) is 5.75 Å². The minimum Gasteiger partial charge on any atom is -0.497 e. The highest BCUT2D eigenvalue weighted by molar-refractivity contribution is 14.0. The first-order valence-corrected chi connectivity index (χ1v) is 8.38. The molecule has 1 aromatic carbocycles. The topological polar surface area (TPSA) is 84.0 Å². The highest BCUT2D eigenvalue weighted by Gasteiger charge is 2.15. The van der Waals surface area contributed by atoms with Crippen LogP contribution in [0.15, 0.2) is 29.3 Å². The van der Waals surface area contributed by atoms with Crippen molar-refractivity contribution < 1.29 is 14.3 Å². The molecule has 0 fully saturated rings. The predicted octanol–water partition coefficient (Wildman–Crippen LogP) is 2.55. The van der Waals surface area contributed by atoms with Gasteiger partial charge in [0.1, 0.15) is 11.4 Å². The van der Waals surface area contributed by atoms with E-state index in [9.17, 15) is 4.79 Å². The second kappa shape index (κ2) is 12.6. The van der Waals surface area contributed by atoms with Gasteiger partial charge in [-0.25, -0.2) is 4.79 Å². The van der Waals surface area contributed by atoms with Crippen LogP contribution in [0.1, 0.15) is 26.3 Å². The minimum atomic E-state index is -0.491. The smallest absolute Gasteiger partial charge is 0.407 e. The molecule has 0 heterocycles. The second-order valence-corrected chi connectivity index (χ2v) is 6.46. The Kier molecular flexibility index (Phi) is 11.8. The van der Waals surface area contributed by atoms with Crippen LogP contribution >= 0.6 is 24.0 Å². The third-order valence-electron chi connectivity index (χ3n) is 3.15. The van der Waals surface area contributed by atoms with E-state index in [1.54, 1.807) is 14.2 Å². The van der Waals surface area contributed by atoms with E-state index >= 15 is 0 Å². The standard InChI is InChI=1S/C18H30N4O3.HI/c1-18(2,3)25-17(23)22-12-11-21-16(19-4)20-10-9-14-7-6-8-15(13-14)24-5;/h6-8,13H,9-12H2,1-5H3,(H,22,23)(H2,19,20,21);1H. The molecule has 0 atom stereocenters. The van der Waals surface area contributed by atoms with E-state index in [0.717, 1.165) is 18.7 Å². The van der Waals surface area contributed by atoms with Gasteiger partial charge in [0.25, 0.3) is 0 Å². The van der Waals surface area contributed by atoms with Crippen molar-refractivity contribution in [2.45, 2.75) is 32.8 Å². The number of ether oxygens (including phenoxy) is 2. The molecule has 148 valence electrons. The van der Waals surface area contributed by atoms with E-state index < -0.39 is 11.7 Å². The van der Waals surface area contributed by atoms with Crippen molar-refractivity contribution in [2.24, 2.45) is 4.99 Å². The van der Waals surface area contributed by atoms with Crippen LogP contribution in [-0.2, 0) is 11.2 Å². The molecule has 1 amide bonds. The fourth-order valence-corrected chi connectivity index (χ4v) is 2.03. The van der Waals surface area contributed by atoms with E-state index in [1.807, 2.05) is 39.0 Å². The average Bonchev–Trinajstić information content (AvgIpc) is 2.55. The van der Waals surface area contributed by atoms with Crippen molar-refractivity contribution in [3.05, 3.63) is 29.8 Å². The molecule has 1 aromatic rings. The Morgan fingerprint density at radius 1 is 1.12 bits per heavy atom. The number of rotatable bonds is 7. The zero-order valence-electron chi connectivity index (χ0n) is 16.2. The largest absolute Gasteiger partial charge is 0.497 e. The van der Waals surface area contributed by atoms with Crippen LogP contribution in [0.4, 0.5) is 4.79 Å². The maximum atomic E-state index is 11.5. The van der Waals surface area contributed by atoms with Crippen LogP contribution in [0.25, 0.3) is 0 Å². The summed E-state index contributed by atoms with van der Waals surface area (Å²) in [6.07, 6.45) is 0.434. The zero-order valence-corrected chi connectivity index (χ0v) is 18.5. The number of hydrogen-bond acceptors (Lipinski definition) is 4. The van der Waals surface area contributed by atoms with Crippen LogP contribution in [0, 0.1) is 0 Å². The lowest BCUT2D eigenvalue weighted by atomic mass is 10.1. The molecular weight excluding hydrogens is 447 g/mol. The molecular formula is C18H31IN4O3. The first-order valence-electron chi connectivity index (χ1n) is 8.38. The fourth-order valence-electron chi connectivity index (χ4n) is 2.03. The Labute approximate surface area is 173 Å². The molecule has 0 bridgehead atoms. The monoisotopic (exact) mass is 478 g/mol. The number of guanidine groups is 1. The van der Waals surface area contributed by atoms with Gasteiger partial charge in [-0.15, -0.1) is 24.0 Å². The van der Waals surface area contributed by atoms with Gasteiger partial charge < -0.3 is 25.4 Å². The zero-order chi connectivity index (χ0) is 18.7. The molecule has 7 nitrogen and oxygen atoms in total. The van der Waals surface area contributed by atoms with Crippen molar-refractivity contribution in [1.82, 2.24) is 16.0 Å². The molecule has 0 spiro atoms. The molecule has 26 heavy (non-hydrogen) atoms. The Morgan fingerprint density at radius 3 is 2.38 bits per heavy atom. The number of benzene rings is 1. The molecule has 0 saturated carbocycles. The summed E-state index contributed by atoms with van der Waals surface area (Å²) in [5, 5.41) is 9.07. The van der Waals surface area contributed by atoms with E-state index in [4.69, 9.17) is 9.47 Å². The molecule has 0 unspecified atom stereocenters. The molecule has 0 saturated heterocycles. The molecule has 0 aliphatic carbocycles. The van der Waals surface area contributed by atoms with Gasteiger partial charge in [-0.2, -0.15) is 0 Å². The fraction of sp³-hybridized carbons (Fsp3) is 0.556. The first kappa shape index (κ1) is 24.3. The normalized spacial score (nSPS) is 11.2. The van der Waals surface area contributed by atoms with Crippen molar-refractivity contribution in [2.75, 3.05) is 33.8 Å². The first-order chi connectivity index (χ1) is 11.8. The van der Waals surface area contributed by atoms with Gasteiger partial charge >= 0.3 is 6.09 Å². The number of aliphatic imine (C=N–C) groups is 1. The number of methoxy groups -OCH3 is 1. The maximum absolute atomic E-state index is 11.5. The summed E-state index contributed by atoms with van der Waals surface area (Å²) >= 11 is 0. The molecule has 0 radical (unpaired) electrons. The number of hydrogen-bond donors (Lipinski definition) is 3. The lowest BCUT2D eigenvalue weighted by Gasteiger charge is -2.20. The van der Waals surface area contributed by atoms with Crippen LogP contribution in [0.3, 0.4) is 0 Å². The number of carbonyl (C=O) groups is 1. The summed E-state index contributed by atoms with van der Waals surface area (Å²) < 4.78 is 10.4. The third-order valence-corrected chi connectivity index (χ3v) is 3.15. The summed E-state index contributed by atoms with van der Waals surface area (Å²) in [5.74, 6) is 1.54. The van der Waals surface area contributed by atoms with Gasteiger partial charge in [0.15, 0.2) is 5.96 Å². The van der Waals surface area contributed by atoms with Crippen molar-refractivity contribution in [3.8, 4) is 5.75 Å². The van der Waals surface area contributed by atoms with Crippen molar-refractivity contribution in [1.29, 1.82) is 0 Å². The third kappa shape index (κ3) is 11.0. The quantitative estimate of drug-likeness (QED) is 0.243. The highest BCUT2D eigenvalue weighted by Crippen LogP contribution is 2.12. The lowest BCUT2D eigenvalue weighted by Crippen LogP contribution is -2.42. The summed E-state index contributed by atoms with van der Waals surface area (Å²) in [4.78, 5) is 15.7. The average molecular weight is 478 g/mol. The van der Waals surface area contributed by atoms with Crippen LogP contribution in [-0.4, -0.2) is 51.4 Å². The minimum absolute atomic E-state index is 0. The van der Waals surface area contributed by atoms with Gasteiger partial charge in [0.05, 0.1) is 7.11 Å². The molecule has 0 aliphatic rings. The van der Waals surface area contributed by atoms with Gasteiger partial charge in [-0.1, -0.05) is 12.1 Å². The lowest BCUT2D eigenvalue weighted by molar-refractivity contribution is 0.0529. The van der Waals surface area contributed by atoms with E-state index in [2.05, 4.69) is 27.0 Å². The maximum Gasteiger partial charge on any atom is 0.407 e.